The molecule has 1 amide bonds. The highest BCUT2D eigenvalue weighted by atomic mass is 16.5. The molecule has 4 nitrogen and oxygen atoms in total. The Morgan fingerprint density at radius 2 is 2.07 bits per heavy atom. The fraction of sp³-hybridized carbons (Fsp3) is 0.900. The molecule has 0 rings (SSSR count). The standard InChI is InChI=1S/C10H22N2O2/c1-5-10(3,14-4)9(13)12(6-2)8-7-11/h5-8,11H2,1-4H3. The normalized spacial score (nSPS) is 14.9. The second kappa shape index (κ2) is 5.98. The molecule has 84 valence electrons. The van der Waals surface area contributed by atoms with Gasteiger partial charge in [-0.15, -0.1) is 0 Å². The van der Waals surface area contributed by atoms with Crippen LogP contribution in [0.2, 0.25) is 0 Å². The fourth-order valence-corrected chi connectivity index (χ4v) is 1.28. The molecule has 1 unspecified atom stereocenters. The van der Waals surface area contributed by atoms with Crippen LogP contribution in [0.4, 0.5) is 0 Å². The van der Waals surface area contributed by atoms with E-state index < -0.39 is 5.60 Å². The summed E-state index contributed by atoms with van der Waals surface area (Å²) in [4.78, 5) is 13.7. The first-order valence-corrected chi connectivity index (χ1v) is 5.10. The second-order valence-electron chi connectivity index (χ2n) is 3.46. The van der Waals surface area contributed by atoms with E-state index in [0.717, 1.165) is 0 Å². The van der Waals surface area contributed by atoms with Crippen molar-refractivity contribution in [3.05, 3.63) is 0 Å². The van der Waals surface area contributed by atoms with Crippen molar-refractivity contribution in [3.8, 4) is 0 Å². The third-order valence-corrected chi connectivity index (χ3v) is 2.65. The van der Waals surface area contributed by atoms with E-state index in [1.54, 1.807) is 12.0 Å². The van der Waals surface area contributed by atoms with E-state index in [1.807, 2.05) is 20.8 Å². The number of carbonyl (C=O) groups excluding carboxylic acids is 1. The number of rotatable bonds is 6. The quantitative estimate of drug-likeness (QED) is 0.686. The zero-order chi connectivity index (χ0) is 11.2. The Labute approximate surface area is 86.4 Å². The summed E-state index contributed by atoms with van der Waals surface area (Å²) in [6, 6.07) is 0. The van der Waals surface area contributed by atoms with Gasteiger partial charge in [-0.25, -0.2) is 0 Å². The van der Waals surface area contributed by atoms with Crippen LogP contribution in [0.1, 0.15) is 27.2 Å². The summed E-state index contributed by atoms with van der Waals surface area (Å²) in [7, 11) is 1.57. The van der Waals surface area contributed by atoms with E-state index in [9.17, 15) is 4.79 Å². The third kappa shape index (κ3) is 2.96. The van der Waals surface area contributed by atoms with Gasteiger partial charge in [0, 0.05) is 26.7 Å². The van der Waals surface area contributed by atoms with Crippen LogP contribution in [0.3, 0.4) is 0 Å². The lowest BCUT2D eigenvalue weighted by atomic mass is 10.0. The van der Waals surface area contributed by atoms with Crippen molar-refractivity contribution in [2.45, 2.75) is 32.8 Å². The molecule has 0 aliphatic carbocycles. The number of hydrogen-bond donors (Lipinski definition) is 1. The van der Waals surface area contributed by atoms with Gasteiger partial charge in [-0.05, 0) is 20.3 Å². The molecule has 0 heterocycles. The summed E-state index contributed by atoms with van der Waals surface area (Å²) in [6.07, 6.45) is 0.670. The molecule has 0 saturated heterocycles. The van der Waals surface area contributed by atoms with Crippen molar-refractivity contribution in [2.75, 3.05) is 26.7 Å². The van der Waals surface area contributed by atoms with Gasteiger partial charge in [-0.1, -0.05) is 6.92 Å². The number of nitrogens with zero attached hydrogens (tertiary/aromatic N) is 1. The summed E-state index contributed by atoms with van der Waals surface area (Å²) in [5.41, 5.74) is 4.73. The number of methoxy groups -OCH3 is 1. The number of amides is 1. The molecule has 0 aliphatic rings. The first-order chi connectivity index (χ1) is 6.55. The SMILES string of the molecule is CCN(CCN)C(=O)C(C)(CC)OC. The molecule has 0 aromatic heterocycles. The molecule has 4 heteroatoms. The Bertz CT molecular complexity index is 179. The van der Waals surface area contributed by atoms with Gasteiger partial charge >= 0.3 is 0 Å². The maximum atomic E-state index is 12.0. The van der Waals surface area contributed by atoms with E-state index in [-0.39, 0.29) is 5.91 Å². The molecule has 0 spiro atoms. The highest BCUT2D eigenvalue weighted by Crippen LogP contribution is 2.17. The average molecular weight is 202 g/mol. The maximum Gasteiger partial charge on any atom is 0.254 e. The Kier molecular flexibility index (Phi) is 5.72. The Morgan fingerprint density at radius 1 is 1.50 bits per heavy atom. The number of nitrogens with two attached hydrogens (primary N) is 1. The molecule has 0 saturated carbocycles. The molecule has 14 heavy (non-hydrogen) atoms. The Morgan fingerprint density at radius 3 is 2.36 bits per heavy atom. The average Bonchev–Trinajstić information content (AvgIpc) is 2.23. The topological polar surface area (TPSA) is 55.6 Å². The van der Waals surface area contributed by atoms with Crippen molar-refractivity contribution in [3.63, 3.8) is 0 Å². The zero-order valence-electron chi connectivity index (χ0n) is 9.67. The smallest absolute Gasteiger partial charge is 0.254 e. The Balaban J connectivity index is 4.53. The van der Waals surface area contributed by atoms with Crippen molar-refractivity contribution in [2.24, 2.45) is 5.73 Å². The van der Waals surface area contributed by atoms with Gasteiger partial charge in [-0.2, -0.15) is 0 Å². The summed E-state index contributed by atoms with van der Waals surface area (Å²) in [5, 5.41) is 0. The highest BCUT2D eigenvalue weighted by Gasteiger charge is 2.34. The predicted molar refractivity (Wildman–Crippen MR) is 57.0 cm³/mol. The van der Waals surface area contributed by atoms with Crippen molar-refractivity contribution >= 4 is 5.91 Å². The van der Waals surface area contributed by atoms with Crippen LogP contribution in [0.15, 0.2) is 0 Å². The van der Waals surface area contributed by atoms with Gasteiger partial charge in [0.25, 0.3) is 5.91 Å². The first-order valence-electron chi connectivity index (χ1n) is 5.10. The number of likely N-dealkylation sites (N-methyl/N-ethyl adjacent to an activating group) is 1. The van der Waals surface area contributed by atoms with Gasteiger partial charge < -0.3 is 15.4 Å². The molecule has 0 bridgehead atoms. The van der Waals surface area contributed by atoms with Crippen LogP contribution in [0.5, 0.6) is 0 Å². The summed E-state index contributed by atoms with van der Waals surface area (Å²) >= 11 is 0. The van der Waals surface area contributed by atoms with Crippen LogP contribution in [0, 0.1) is 0 Å². The molecule has 0 aromatic carbocycles. The van der Waals surface area contributed by atoms with Gasteiger partial charge in [0.2, 0.25) is 0 Å². The van der Waals surface area contributed by atoms with Crippen molar-refractivity contribution < 1.29 is 9.53 Å². The van der Waals surface area contributed by atoms with E-state index in [0.29, 0.717) is 26.1 Å². The Hall–Kier alpha value is -0.610. The summed E-state index contributed by atoms with van der Waals surface area (Å²) in [5.74, 6) is 0.0236. The molecule has 0 aromatic rings. The molecule has 0 fully saturated rings. The van der Waals surface area contributed by atoms with E-state index in [2.05, 4.69) is 0 Å². The van der Waals surface area contributed by atoms with Crippen LogP contribution in [-0.4, -0.2) is 43.2 Å². The van der Waals surface area contributed by atoms with Crippen LogP contribution >= 0.6 is 0 Å². The highest BCUT2D eigenvalue weighted by molar-refractivity contribution is 5.84. The lowest BCUT2D eigenvalue weighted by Crippen LogP contribution is -2.49. The molecule has 0 aliphatic heterocycles. The van der Waals surface area contributed by atoms with Gasteiger partial charge in [0.05, 0.1) is 0 Å². The maximum absolute atomic E-state index is 12.0. The van der Waals surface area contributed by atoms with Gasteiger partial charge in [-0.3, -0.25) is 4.79 Å². The minimum absolute atomic E-state index is 0.0236. The number of ether oxygens (including phenoxy) is 1. The lowest BCUT2D eigenvalue weighted by molar-refractivity contribution is -0.153. The monoisotopic (exact) mass is 202 g/mol. The largest absolute Gasteiger partial charge is 0.369 e. The molecule has 1 atom stereocenters. The van der Waals surface area contributed by atoms with Gasteiger partial charge in [0.1, 0.15) is 5.60 Å². The number of carbonyl (C=O) groups is 1. The first kappa shape index (κ1) is 13.4. The van der Waals surface area contributed by atoms with E-state index in [4.69, 9.17) is 10.5 Å². The van der Waals surface area contributed by atoms with E-state index >= 15 is 0 Å². The van der Waals surface area contributed by atoms with Crippen LogP contribution < -0.4 is 5.73 Å². The minimum atomic E-state index is -0.703. The second-order valence-corrected chi connectivity index (χ2v) is 3.46. The zero-order valence-corrected chi connectivity index (χ0v) is 9.67. The lowest BCUT2D eigenvalue weighted by Gasteiger charge is -2.32. The molecular formula is C10H22N2O2. The fourth-order valence-electron chi connectivity index (χ4n) is 1.28. The third-order valence-electron chi connectivity index (χ3n) is 2.65. The molecule has 2 N–H and O–H groups in total. The molecular weight excluding hydrogens is 180 g/mol. The summed E-state index contributed by atoms with van der Waals surface area (Å²) in [6.45, 7) is 7.46. The van der Waals surface area contributed by atoms with Gasteiger partial charge in [0.15, 0.2) is 0 Å². The van der Waals surface area contributed by atoms with Crippen molar-refractivity contribution in [1.29, 1.82) is 0 Å². The predicted octanol–water partition coefficient (Wildman–Crippen LogP) is 0.609. The minimum Gasteiger partial charge on any atom is -0.369 e. The van der Waals surface area contributed by atoms with Crippen molar-refractivity contribution in [1.82, 2.24) is 4.90 Å². The van der Waals surface area contributed by atoms with E-state index in [1.165, 1.54) is 0 Å². The number of hydrogen-bond acceptors (Lipinski definition) is 3. The van der Waals surface area contributed by atoms with Crippen LogP contribution in [0.25, 0.3) is 0 Å². The molecule has 0 radical (unpaired) electrons. The summed E-state index contributed by atoms with van der Waals surface area (Å²) < 4.78 is 5.25. The van der Waals surface area contributed by atoms with Crippen LogP contribution in [-0.2, 0) is 9.53 Å².